The molecule has 3 aromatic rings. The highest BCUT2D eigenvalue weighted by atomic mass is 16.5. The summed E-state index contributed by atoms with van der Waals surface area (Å²) < 4.78 is 11.8. The Morgan fingerprint density at radius 3 is 2.56 bits per heavy atom. The molecule has 0 unspecified atom stereocenters. The number of ether oxygens (including phenoxy) is 1. The van der Waals surface area contributed by atoms with E-state index < -0.39 is 0 Å². The predicted octanol–water partition coefficient (Wildman–Crippen LogP) is 5.50. The smallest absolute Gasteiger partial charge is 0.220 e. The van der Waals surface area contributed by atoms with Crippen molar-refractivity contribution in [2.24, 2.45) is 0 Å². The number of nitrogens with zero attached hydrogens (tertiary/aromatic N) is 2. The fourth-order valence-corrected chi connectivity index (χ4v) is 3.03. The van der Waals surface area contributed by atoms with Crippen LogP contribution in [-0.4, -0.2) is 36.1 Å². The number of fused-ring (bicyclic) bond motifs is 1. The zero-order valence-electron chi connectivity index (χ0n) is 16.2. The van der Waals surface area contributed by atoms with Gasteiger partial charge in [-0.3, -0.25) is 0 Å². The molecular weight excluding hydrogens is 336 g/mol. The molecule has 2 aromatic carbocycles. The number of aromatic nitrogens is 1. The second kappa shape index (κ2) is 9.93. The fraction of sp³-hybridized carbons (Fsp3) is 0.348. The van der Waals surface area contributed by atoms with Gasteiger partial charge in [0.2, 0.25) is 5.89 Å². The first-order chi connectivity index (χ1) is 13.3. The molecule has 1 heterocycles. The predicted molar refractivity (Wildman–Crippen MR) is 112 cm³/mol. The lowest BCUT2D eigenvalue weighted by Gasteiger charge is -2.17. The van der Waals surface area contributed by atoms with Crippen LogP contribution in [0.3, 0.4) is 0 Å². The summed E-state index contributed by atoms with van der Waals surface area (Å²) in [6, 6.07) is 15.9. The Kier molecular flexibility index (Phi) is 7.05. The van der Waals surface area contributed by atoms with Crippen molar-refractivity contribution in [1.82, 2.24) is 9.88 Å². The Morgan fingerprint density at radius 1 is 0.963 bits per heavy atom. The minimum atomic E-state index is 0.602. The van der Waals surface area contributed by atoms with Gasteiger partial charge in [0, 0.05) is 11.6 Å². The van der Waals surface area contributed by atoms with Crippen LogP contribution in [-0.2, 0) is 0 Å². The highest BCUT2D eigenvalue weighted by Crippen LogP contribution is 2.22. The first-order valence-corrected chi connectivity index (χ1v) is 9.78. The van der Waals surface area contributed by atoms with E-state index in [4.69, 9.17) is 9.15 Å². The largest absolute Gasteiger partial charge is 0.493 e. The number of oxazole rings is 1. The average Bonchev–Trinajstić information content (AvgIpc) is 3.13. The first kappa shape index (κ1) is 19.2. The molecule has 3 rings (SSSR count). The maximum Gasteiger partial charge on any atom is 0.220 e. The Morgan fingerprint density at radius 2 is 1.74 bits per heavy atom. The number of unbranched alkanes of at least 4 members (excludes halogenated alkanes) is 1. The van der Waals surface area contributed by atoms with Gasteiger partial charge < -0.3 is 14.1 Å². The second-order valence-corrected chi connectivity index (χ2v) is 6.47. The lowest BCUT2D eigenvalue weighted by atomic mass is 10.2. The maximum absolute atomic E-state index is 6.01. The summed E-state index contributed by atoms with van der Waals surface area (Å²) in [5.41, 5.74) is 2.70. The van der Waals surface area contributed by atoms with Gasteiger partial charge in [-0.25, -0.2) is 4.98 Å². The van der Waals surface area contributed by atoms with Crippen LogP contribution >= 0.6 is 0 Å². The summed E-state index contributed by atoms with van der Waals surface area (Å²) in [6.07, 6.45) is 6.10. The summed E-state index contributed by atoms with van der Waals surface area (Å²) in [7, 11) is 0. The molecule has 0 fully saturated rings. The first-order valence-electron chi connectivity index (χ1n) is 9.78. The summed E-state index contributed by atoms with van der Waals surface area (Å²) in [4.78, 5) is 6.92. The lowest BCUT2D eigenvalue weighted by Crippen LogP contribution is -2.24. The number of hydrogen-bond donors (Lipinski definition) is 0. The van der Waals surface area contributed by atoms with Gasteiger partial charge in [0.05, 0.1) is 6.61 Å². The van der Waals surface area contributed by atoms with Crippen molar-refractivity contribution in [3.63, 3.8) is 0 Å². The van der Waals surface area contributed by atoms with Crippen LogP contribution in [0.15, 0.2) is 52.9 Å². The number of rotatable bonds is 10. The monoisotopic (exact) mass is 364 g/mol. The SMILES string of the molecule is CCN(CC)CCCCOc1ccccc1/C=C/c1nc2ccccc2o1. The second-order valence-electron chi connectivity index (χ2n) is 6.47. The number of para-hydroxylation sites is 3. The fourth-order valence-electron chi connectivity index (χ4n) is 3.03. The highest BCUT2D eigenvalue weighted by molar-refractivity contribution is 5.76. The molecule has 142 valence electrons. The molecule has 0 atom stereocenters. The highest BCUT2D eigenvalue weighted by Gasteiger charge is 2.04. The van der Waals surface area contributed by atoms with Crippen molar-refractivity contribution in [2.75, 3.05) is 26.2 Å². The van der Waals surface area contributed by atoms with Crippen LogP contribution in [0.1, 0.15) is 38.1 Å². The van der Waals surface area contributed by atoms with Gasteiger partial charge in [0.25, 0.3) is 0 Å². The van der Waals surface area contributed by atoms with Crippen LogP contribution in [0.5, 0.6) is 5.75 Å². The molecule has 0 saturated carbocycles. The minimum Gasteiger partial charge on any atom is -0.493 e. The Hall–Kier alpha value is -2.59. The van der Waals surface area contributed by atoms with Gasteiger partial charge in [-0.05, 0) is 56.8 Å². The molecule has 4 heteroatoms. The standard InChI is InChI=1S/C23H28N2O2/c1-3-25(4-2)17-9-10-18-26-21-13-7-5-11-19(21)15-16-23-24-20-12-6-8-14-22(20)27-23/h5-8,11-16H,3-4,9-10,17-18H2,1-2H3/b16-15+. The molecule has 0 amide bonds. The van der Waals surface area contributed by atoms with Crippen LogP contribution in [0.2, 0.25) is 0 Å². The Balaban J connectivity index is 1.57. The average molecular weight is 364 g/mol. The zero-order chi connectivity index (χ0) is 18.9. The van der Waals surface area contributed by atoms with Crippen LogP contribution in [0, 0.1) is 0 Å². The van der Waals surface area contributed by atoms with E-state index in [0.717, 1.165) is 61.5 Å². The molecule has 0 saturated heterocycles. The molecule has 4 nitrogen and oxygen atoms in total. The normalized spacial score (nSPS) is 11.7. The van der Waals surface area contributed by atoms with E-state index in [1.165, 1.54) is 0 Å². The molecule has 1 aromatic heterocycles. The van der Waals surface area contributed by atoms with Gasteiger partial charge >= 0.3 is 0 Å². The van der Waals surface area contributed by atoms with Gasteiger partial charge in [0.1, 0.15) is 11.3 Å². The van der Waals surface area contributed by atoms with Gasteiger partial charge in [0.15, 0.2) is 5.58 Å². The molecule has 0 bridgehead atoms. The summed E-state index contributed by atoms with van der Waals surface area (Å²) in [5.74, 6) is 1.50. The van der Waals surface area contributed by atoms with Crippen LogP contribution in [0.25, 0.3) is 23.3 Å². The Bertz CT molecular complexity index is 832. The van der Waals surface area contributed by atoms with Crippen molar-refractivity contribution < 1.29 is 9.15 Å². The van der Waals surface area contributed by atoms with E-state index in [0.29, 0.717) is 5.89 Å². The molecule has 0 radical (unpaired) electrons. The number of benzene rings is 2. The van der Waals surface area contributed by atoms with E-state index >= 15 is 0 Å². The third-order valence-electron chi connectivity index (χ3n) is 4.66. The molecule has 27 heavy (non-hydrogen) atoms. The summed E-state index contributed by atoms with van der Waals surface area (Å²) in [5, 5.41) is 0. The van der Waals surface area contributed by atoms with E-state index in [1.54, 1.807) is 0 Å². The third-order valence-corrected chi connectivity index (χ3v) is 4.66. The van der Waals surface area contributed by atoms with Crippen molar-refractivity contribution in [2.45, 2.75) is 26.7 Å². The van der Waals surface area contributed by atoms with Crippen molar-refractivity contribution >= 4 is 23.3 Å². The van der Waals surface area contributed by atoms with E-state index in [2.05, 4.69) is 23.7 Å². The van der Waals surface area contributed by atoms with Crippen molar-refractivity contribution in [3.05, 3.63) is 60.0 Å². The number of hydrogen-bond acceptors (Lipinski definition) is 4. The lowest BCUT2D eigenvalue weighted by molar-refractivity contribution is 0.266. The minimum absolute atomic E-state index is 0.602. The molecule has 0 aliphatic carbocycles. The maximum atomic E-state index is 6.01. The van der Waals surface area contributed by atoms with Crippen LogP contribution < -0.4 is 4.74 Å². The van der Waals surface area contributed by atoms with Gasteiger partial charge in [-0.1, -0.05) is 44.2 Å². The molecule has 0 N–H and O–H groups in total. The zero-order valence-corrected chi connectivity index (χ0v) is 16.2. The quantitative estimate of drug-likeness (QED) is 0.445. The van der Waals surface area contributed by atoms with Gasteiger partial charge in [-0.2, -0.15) is 0 Å². The topological polar surface area (TPSA) is 38.5 Å². The molecule has 0 spiro atoms. The molecule has 0 aliphatic heterocycles. The van der Waals surface area contributed by atoms with Crippen molar-refractivity contribution in [3.8, 4) is 5.75 Å². The molecule has 0 aliphatic rings. The summed E-state index contributed by atoms with van der Waals surface area (Å²) in [6.45, 7) is 8.51. The van der Waals surface area contributed by atoms with Crippen LogP contribution in [0.4, 0.5) is 0 Å². The molecular formula is C23H28N2O2. The summed E-state index contributed by atoms with van der Waals surface area (Å²) >= 11 is 0. The van der Waals surface area contributed by atoms with E-state index in [1.807, 2.05) is 60.7 Å². The third kappa shape index (κ3) is 5.44. The van der Waals surface area contributed by atoms with E-state index in [-0.39, 0.29) is 0 Å². The van der Waals surface area contributed by atoms with E-state index in [9.17, 15) is 0 Å². The Labute approximate surface area is 161 Å². The van der Waals surface area contributed by atoms with Crippen molar-refractivity contribution in [1.29, 1.82) is 0 Å². The van der Waals surface area contributed by atoms with Gasteiger partial charge in [-0.15, -0.1) is 0 Å².